The van der Waals surface area contributed by atoms with Gasteiger partial charge >= 0.3 is 0 Å². The Kier molecular flexibility index (Phi) is 4.15. The zero-order valence-electron chi connectivity index (χ0n) is 10.6. The van der Waals surface area contributed by atoms with Crippen molar-refractivity contribution in [1.29, 1.82) is 0 Å². The van der Waals surface area contributed by atoms with Crippen molar-refractivity contribution in [3.05, 3.63) is 46.5 Å². The molecule has 0 bridgehead atoms. The lowest BCUT2D eigenvalue weighted by molar-refractivity contribution is 0.408. The highest BCUT2D eigenvalue weighted by Gasteiger charge is 2.08. The van der Waals surface area contributed by atoms with Gasteiger partial charge in [-0.15, -0.1) is 0 Å². The van der Waals surface area contributed by atoms with Gasteiger partial charge in [-0.05, 0) is 30.7 Å². The summed E-state index contributed by atoms with van der Waals surface area (Å²) >= 11 is 0. The van der Waals surface area contributed by atoms with E-state index >= 15 is 0 Å². The Morgan fingerprint density at radius 2 is 2.11 bits per heavy atom. The first-order chi connectivity index (χ1) is 9.24. The fraction of sp³-hybridized carbons (Fsp3) is 0.231. The van der Waals surface area contributed by atoms with Crippen molar-refractivity contribution in [2.45, 2.75) is 6.42 Å². The van der Waals surface area contributed by atoms with Gasteiger partial charge in [-0.2, -0.15) is 0 Å². The molecule has 0 amide bonds. The van der Waals surface area contributed by atoms with Crippen LogP contribution in [0.1, 0.15) is 5.56 Å². The van der Waals surface area contributed by atoms with E-state index in [0.717, 1.165) is 12.1 Å². The van der Waals surface area contributed by atoms with Crippen molar-refractivity contribution < 1.29 is 4.74 Å². The summed E-state index contributed by atoms with van der Waals surface area (Å²) in [6.07, 6.45) is 2.17. The van der Waals surface area contributed by atoms with Gasteiger partial charge in [0.2, 0.25) is 5.75 Å². The van der Waals surface area contributed by atoms with Gasteiger partial charge < -0.3 is 20.8 Å². The van der Waals surface area contributed by atoms with E-state index in [2.05, 4.69) is 15.3 Å². The number of nitrogens with zero attached hydrogens (tertiary/aromatic N) is 1. The van der Waals surface area contributed by atoms with Crippen molar-refractivity contribution in [2.24, 2.45) is 5.73 Å². The summed E-state index contributed by atoms with van der Waals surface area (Å²) in [5.41, 5.74) is 7.17. The van der Waals surface area contributed by atoms with E-state index in [1.54, 1.807) is 0 Å². The average molecular weight is 260 g/mol. The number of ether oxygens (including phenoxy) is 1. The van der Waals surface area contributed by atoms with Gasteiger partial charge in [-0.25, -0.2) is 4.98 Å². The van der Waals surface area contributed by atoms with Crippen LogP contribution >= 0.6 is 0 Å². The predicted molar refractivity (Wildman–Crippen MR) is 73.9 cm³/mol. The van der Waals surface area contributed by atoms with E-state index in [1.807, 2.05) is 24.3 Å². The van der Waals surface area contributed by atoms with Crippen LogP contribution in [0.25, 0.3) is 0 Å². The molecule has 0 saturated heterocycles. The molecule has 0 fully saturated rings. The molecule has 0 radical (unpaired) electrons. The number of hydrogen-bond acceptors (Lipinski definition) is 5. The van der Waals surface area contributed by atoms with Crippen molar-refractivity contribution in [2.75, 3.05) is 19.0 Å². The van der Waals surface area contributed by atoms with Gasteiger partial charge in [-0.3, -0.25) is 4.79 Å². The summed E-state index contributed by atoms with van der Waals surface area (Å²) in [6, 6.07) is 7.78. The van der Waals surface area contributed by atoms with Crippen LogP contribution in [0.15, 0.2) is 35.4 Å². The highest BCUT2D eigenvalue weighted by atomic mass is 16.5. The molecular weight excluding hydrogens is 244 g/mol. The molecule has 0 aliphatic heterocycles. The Morgan fingerprint density at radius 3 is 2.74 bits per heavy atom. The standard InChI is InChI=1S/C13H16N4O2/c1-19-11-12(15-8-16-13(11)18)17-10-4-2-9(3-5-10)6-7-14/h2-5,8H,6-7,14H2,1H3,(H2,15,16,17,18). The Labute approximate surface area is 110 Å². The first kappa shape index (κ1) is 13.1. The van der Waals surface area contributed by atoms with Gasteiger partial charge in [0.15, 0.2) is 5.82 Å². The largest absolute Gasteiger partial charge is 0.489 e. The molecule has 4 N–H and O–H groups in total. The van der Waals surface area contributed by atoms with Crippen LogP contribution in [0.2, 0.25) is 0 Å². The van der Waals surface area contributed by atoms with Crippen molar-refractivity contribution in [3.8, 4) is 5.75 Å². The van der Waals surface area contributed by atoms with Crippen LogP contribution in [0.5, 0.6) is 5.75 Å². The molecule has 0 aliphatic rings. The van der Waals surface area contributed by atoms with Crippen molar-refractivity contribution in [3.63, 3.8) is 0 Å². The number of nitrogens with one attached hydrogen (secondary N) is 2. The predicted octanol–water partition coefficient (Wildman–Crippen LogP) is 1.02. The van der Waals surface area contributed by atoms with E-state index in [-0.39, 0.29) is 11.3 Å². The molecular formula is C13H16N4O2. The van der Waals surface area contributed by atoms with Gasteiger partial charge in [0.25, 0.3) is 5.56 Å². The molecule has 0 atom stereocenters. The number of anilines is 2. The second-order valence-corrected chi connectivity index (χ2v) is 3.97. The highest BCUT2D eigenvalue weighted by Crippen LogP contribution is 2.20. The van der Waals surface area contributed by atoms with Crippen LogP contribution in [-0.4, -0.2) is 23.6 Å². The van der Waals surface area contributed by atoms with Crippen LogP contribution in [0.3, 0.4) is 0 Å². The topological polar surface area (TPSA) is 93.0 Å². The summed E-state index contributed by atoms with van der Waals surface area (Å²) in [4.78, 5) is 18.0. The van der Waals surface area contributed by atoms with Crippen LogP contribution in [-0.2, 0) is 6.42 Å². The highest BCUT2D eigenvalue weighted by molar-refractivity contribution is 5.61. The first-order valence-corrected chi connectivity index (χ1v) is 5.92. The molecule has 0 aliphatic carbocycles. The number of rotatable bonds is 5. The number of benzene rings is 1. The smallest absolute Gasteiger partial charge is 0.295 e. The normalized spacial score (nSPS) is 10.2. The van der Waals surface area contributed by atoms with E-state index < -0.39 is 0 Å². The maximum Gasteiger partial charge on any atom is 0.295 e. The third-order valence-corrected chi connectivity index (χ3v) is 2.66. The zero-order chi connectivity index (χ0) is 13.7. The Balaban J connectivity index is 2.21. The van der Waals surface area contributed by atoms with E-state index in [1.165, 1.54) is 19.0 Å². The number of hydrogen-bond donors (Lipinski definition) is 3. The molecule has 1 heterocycles. The summed E-state index contributed by atoms with van der Waals surface area (Å²) < 4.78 is 5.03. The average Bonchev–Trinajstić information content (AvgIpc) is 2.42. The molecule has 100 valence electrons. The van der Waals surface area contributed by atoms with E-state index in [4.69, 9.17) is 10.5 Å². The van der Waals surface area contributed by atoms with Crippen LogP contribution in [0, 0.1) is 0 Å². The Bertz CT molecular complexity index is 592. The maximum absolute atomic E-state index is 11.5. The number of nitrogens with two attached hydrogens (primary N) is 1. The fourth-order valence-electron chi connectivity index (χ4n) is 1.72. The molecule has 6 nitrogen and oxygen atoms in total. The molecule has 1 aromatic carbocycles. The summed E-state index contributed by atoms with van der Waals surface area (Å²) in [5, 5.41) is 3.05. The van der Waals surface area contributed by atoms with Crippen molar-refractivity contribution >= 4 is 11.5 Å². The summed E-state index contributed by atoms with van der Waals surface area (Å²) in [7, 11) is 1.43. The fourth-order valence-corrected chi connectivity index (χ4v) is 1.72. The second kappa shape index (κ2) is 6.01. The maximum atomic E-state index is 11.5. The minimum Gasteiger partial charge on any atom is -0.489 e. The van der Waals surface area contributed by atoms with Gasteiger partial charge in [0, 0.05) is 5.69 Å². The van der Waals surface area contributed by atoms with Gasteiger partial charge in [0.1, 0.15) is 0 Å². The van der Waals surface area contributed by atoms with Crippen LogP contribution < -0.4 is 21.3 Å². The number of aromatic amines is 1. The lowest BCUT2D eigenvalue weighted by Crippen LogP contribution is -2.12. The number of H-pyrrole nitrogens is 1. The second-order valence-electron chi connectivity index (χ2n) is 3.97. The van der Waals surface area contributed by atoms with E-state index in [9.17, 15) is 4.79 Å². The molecule has 0 spiro atoms. The molecule has 1 aromatic heterocycles. The minimum atomic E-state index is -0.320. The van der Waals surface area contributed by atoms with Crippen molar-refractivity contribution in [1.82, 2.24) is 9.97 Å². The Morgan fingerprint density at radius 1 is 1.37 bits per heavy atom. The molecule has 0 saturated carbocycles. The summed E-state index contributed by atoms with van der Waals surface area (Å²) in [5.74, 6) is 0.548. The van der Waals surface area contributed by atoms with E-state index in [0.29, 0.717) is 12.4 Å². The number of methoxy groups -OCH3 is 1. The Hall–Kier alpha value is -2.34. The molecule has 19 heavy (non-hydrogen) atoms. The minimum absolute atomic E-state index is 0.161. The molecule has 2 rings (SSSR count). The lowest BCUT2D eigenvalue weighted by atomic mass is 10.1. The monoisotopic (exact) mass is 260 g/mol. The third-order valence-electron chi connectivity index (χ3n) is 2.66. The van der Waals surface area contributed by atoms with Gasteiger partial charge in [0.05, 0.1) is 13.4 Å². The SMILES string of the molecule is COc1c(Nc2ccc(CCN)cc2)nc[nH]c1=O. The lowest BCUT2D eigenvalue weighted by Gasteiger charge is -2.09. The molecule has 6 heteroatoms. The zero-order valence-corrected chi connectivity index (χ0v) is 10.6. The van der Waals surface area contributed by atoms with Gasteiger partial charge in [-0.1, -0.05) is 12.1 Å². The summed E-state index contributed by atoms with van der Waals surface area (Å²) in [6.45, 7) is 0.621. The molecule has 2 aromatic rings. The molecule has 0 unspecified atom stereocenters. The quantitative estimate of drug-likeness (QED) is 0.746. The first-order valence-electron chi connectivity index (χ1n) is 5.92. The van der Waals surface area contributed by atoms with Crippen LogP contribution in [0.4, 0.5) is 11.5 Å². The third kappa shape index (κ3) is 3.11. The number of aromatic nitrogens is 2.